The predicted octanol–water partition coefficient (Wildman–Crippen LogP) is 4.60. The van der Waals surface area contributed by atoms with Gasteiger partial charge in [0.1, 0.15) is 0 Å². The van der Waals surface area contributed by atoms with E-state index in [9.17, 15) is 0 Å². The Morgan fingerprint density at radius 2 is 1.75 bits per heavy atom. The SMILES string of the molecule is Cc1ccc(N=Cc2ccc3ccccc3n2)cc1C. The van der Waals surface area contributed by atoms with Crippen molar-refractivity contribution in [2.75, 3.05) is 0 Å². The lowest BCUT2D eigenvalue weighted by Crippen LogP contribution is -1.88. The summed E-state index contributed by atoms with van der Waals surface area (Å²) in [7, 11) is 0. The van der Waals surface area contributed by atoms with Gasteiger partial charge in [0.2, 0.25) is 0 Å². The zero-order chi connectivity index (χ0) is 13.9. The molecule has 0 atom stereocenters. The predicted molar refractivity (Wildman–Crippen MR) is 84.9 cm³/mol. The number of pyridine rings is 1. The highest BCUT2D eigenvalue weighted by atomic mass is 14.8. The van der Waals surface area contributed by atoms with Crippen molar-refractivity contribution in [2.45, 2.75) is 13.8 Å². The summed E-state index contributed by atoms with van der Waals surface area (Å²) in [6, 6.07) is 18.4. The molecule has 0 radical (unpaired) electrons. The molecule has 1 heterocycles. The van der Waals surface area contributed by atoms with E-state index in [-0.39, 0.29) is 0 Å². The lowest BCUT2D eigenvalue weighted by atomic mass is 10.1. The van der Waals surface area contributed by atoms with Crippen LogP contribution in [0.25, 0.3) is 10.9 Å². The van der Waals surface area contributed by atoms with E-state index in [0.717, 1.165) is 22.3 Å². The Bertz CT molecular complexity index is 788. The van der Waals surface area contributed by atoms with E-state index in [1.807, 2.05) is 36.5 Å². The number of aromatic nitrogens is 1. The normalized spacial score (nSPS) is 11.3. The summed E-state index contributed by atoms with van der Waals surface area (Å²) in [5.41, 5.74) is 5.38. The Morgan fingerprint density at radius 1 is 0.900 bits per heavy atom. The van der Waals surface area contributed by atoms with Crippen molar-refractivity contribution < 1.29 is 0 Å². The molecular weight excluding hydrogens is 244 g/mol. The second kappa shape index (κ2) is 5.25. The Labute approximate surface area is 118 Å². The van der Waals surface area contributed by atoms with Crippen LogP contribution in [0, 0.1) is 13.8 Å². The molecule has 0 saturated heterocycles. The van der Waals surface area contributed by atoms with Crippen molar-refractivity contribution in [3.8, 4) is 0 Å². The van der Waals surface area contributed by atoms with Gasteiger partial charge < -0.3 is 0 Å². The molecule has 2 heteroatoms. The van der Waals surface area contributed by atoms with Gasteiger partial charge in [-0.15, -0.1) is 0 Å². The Kier molecular flexibility index (Phi) is 3.30. The summed E-state index contributed by atoms with van der Waals surface area (Å²) in [5.74, 6) is 0. The smallest absolute Gasteiger partial charge is 0.0820 e. The number of hydrogen-bond donors (Lipinski definition) is 0. The van der Waals surface area contributed by atoms with Gasteiger partial charge in [0, 0.05) is 5.39 Å². The van der Waals surface area contributed by atoms with Gasteiger partial charge in [0.15, 0.2) is 0 Å². The second-order valence-corrected chi connectivity index (χ2v) is 4.96. The molecule has 0 N–H and O–H groups in total. The van der Waals surface area contributed by atoms with Gasteiger partial charge in [-0.3, -0.25) is 4.99 Å². The number of aliphatic imine (C=N–C) groups is 1. The molecule has 20 heavy (non-hydrogen) atoms. The fourth-order valence-corrected chi connectivity index (χ4v) is 2.10. The molecule has 0 amide bonds. The summed E-state index contributed by atoms with van der Waals surface area (Å²) < 4.78 is 0. The maximum Gasteiger partial charge on any atom is 0.0820 e. The van der Waals surface area contributed by atoms with Crippen molar-refractivity contribution in [3.63, 3.8) is 0 Å². The zero-order valence-electron chi connectivity index (χ0n) is 11.7. The Morgan fingerprint density at radius 3 is 2.60 bits per heavy atom. The summed E-state index contributed by atoms with van der Waals surface area (Å²) in [4.78, 5) is 9.08. The molecule has 0 aliphatic rings. The highest BCUT2D eigenvalue weighted by Gasteiger charge is 1.96. The summed E-state index contributed by atoms with van der Waals surface area (Å²) in [5, 5.41) is 1.15. The van der Waals surface area contributed by atoms with Crippen LogP contribution < -0.4 is 0 Å². The number of hydrogen-bond acceptors (Lipinski definition) is 2. The van der Waals surface area contributed by atoms with Gasteiger partial charge in [-0.25, -0.2) is 4.98 Å². The molecule has 3 aromatic rings. The van der Waals surface area contributed by atoms with E-state index in [4.69, 9.17) is 0 Å². The number of aryl methyl sites for hydroxylation is 2. The van der Waals surface area contributed by atoms with Gasteiger partial charge in [-0.05, 0) is 49.2 Å². The molecule has 2 nitrogen and oxygen atoms in total. The van der Waals surface area contributed by atoms with Gasteiger partial charge >= 0.3 is 0 Å². The van der Waals surface area contributed by atoms with Crippen molar-refractivity contribution in [1.82, 2.24) is 4.98 Å². The van der Waals surface area contributed by atoms with E-state index in [1.54, 1.807) is 0 Å². The summed E-state index contributed by atoms with van der Waals surface area (Å²) >= 11 is 0. The third-order valence-electron chi connectivity index (χ3n) is 3.46. The molecule has 0 spiro atoms. The first-order chi connectivity index (χ1) is 9.72. The first-order valence-corrected chi connectivity index (χ1v) is 6.69. The fraction of sp³-hybridized carbons (Fsp3) is 0.111. The quantitative estimate of drug-likeness (QED) is 0.618. The monoisotopic (exact) mass is 260 g/mol. The Hall–Kier alpha value is -2.48. The second-order valence-electron chi connectivity index (χ2n) is 4.96. The van der Waals surface area contributed by atoms with Crippen LogP contribution in [0.3, 0.4) is 0 Å². The average molecular weight is 260 g/mol. The molecule has 0 unspecified atom stereocenters. The molecular formula is C18H16N2. The summed E-state index contributed by atoms with van der Waals surface area (Å²) in [6.07, 6.45) is 1.82. The fourth-order valence-electron chi connectivity index (χ4n) is 2.10. The van der Waals surface area contributed by atoms with Crippen molar-refractivity contribution in [1.29, 1.82) is 0 Å². The van der Waals surface area contributed by atoms with Crippen LogP contribution in [-0.4, -0.2) is 11.2 Å². The van der Waals surface area contributed by atoms with Crippen LogP contribution in [0.4, 0.5) is 5.69 Å². The van der Waals surface area contributed by atoms with Crippen LogP contribution in [0.5, 0.6) is 0 Å². The van der Waals surface area contributed by atoms with E-state index in [0.29, 0.717) is 0 Å². The number of nitrogens with zero attached hydrogens (tertiary/aromatic N) is 2. The largest absolute Gasteiger partial charge is 0.255 e. The van der Waals surface area contributed by atoms with E-state index in [1.165, 1.54) is 11.1 Å². The van der Waals surface area contributed by atoms with E-state index in [2.05, 4.69) is 48.1 Å². The van der Waals surface area contributed by atoms with Crippen molar-refractivity contribution in [2.24, 2.45) is 4.99 Å². The lowest BCUT2D eigenvalue weighted by molar-refractivity contribution is 1.32. The lowest BCUT2D eigenvalue weighted by Gasteiger charge is -2.01. The van der Waals surface area contributed by atoms with Crippen molar-refractivity contribution in [3.05, 3.63) is 71.4 Å². The molecule has 0 aliphatic heterocycles. The zero-order valence-corrected chi connectivity index (χ0v) is 11.7. The first-order valence-electron chi connectivity index (χ1n) is 6.69. The van der Waals surface area contributed by atoms with Crippen molar-refractivity contribution >= 4 is 22.8 Å². The molecule has 1 aromatic heterocycles. The Balaban J connectivity index is 1.91. The molecule has 0 fully saturated rings. The molecule has 0 saturated carbocycles. The third-order valence-corrected chi connectivity index (χ3v) is 3.46. The maximum atomic E-state index is 4.58. The topological polar surface area (TPSA) is 25.2 Å². The average Bonchev–Trinajstić information content (AvgIpc) is 2.48. The van der Waals surface area contributed by atoms with E-state index >= 15 is 0 Å². The van der Waals surface area contributed by atoms with Gasteiger partial charge in [-0.1, -0.05) is 30.3 Å². The maximum absolute atomic E-state index is 4.58. The third kappa shape index (κ3) is 2.59. The number of para-hydroxylation sites is 1. The number of benzene rings is 2. The van der Waals surface area contributed by atoms with Crippen LogP contribution >= 0.6 is 0 Å². The molecule has 98 valence electrons. The summed E-state index contributed by atoms with van der Waals surface area (Å²) in [6.45, 7) is 4.20. The van der Waals surface area contributed by atoms with Gasteiger partial charge in [0.25, 0.3) is 0 Å². The minimum Gasteiger partial charge on any atom is -0.255 e. The molecule has 0 bridgehead atoms. The van der Waals surface area contributed by atoms with Crippen LogP contribution in [0.1, 0.15) is 16.8 Å². The molecule has 3 rings (SSSR count). The molecule has 0 aliphatic carbocycles. The van der Waals surface area contributed by atoms with E-state index < -0.39 is 0 Å². The highest BCUT2D eigenvalue weighted by molar-refractivity contribution is 5.86. The standard InChI is InChI=1S/C18H16N2/c1-13-7-9-16(11-14(13)2)19-12-17-10-8-15-5-3-4-6-18(15)20-17/h3-12H,1-2H3. The minimum absolute atomic E-state index is 0.877. The first kappa shape index (κ1) is 12.5. The number of fused-ring (bicyclic) bond motifs is 1. The van der Waals surface area contributed by atoms with Gasteiger partial charge in [-0.2, -0.15) is 0 Å². The van der Waals surface area contributed by atoms with Gasteiger partial charge in [0.05, 0.1) is 23.1 Å². The van der Waals surface area contributed by atoms with Crippen LogP contribution in [0.2, 0.25) is 0 Å². The minimum atomic E-state index is 0.877. The van der Waals surface area contributed by atoms with Crippen LogP contribution in [0.15, 0.2) is 59.6 Å². The van der Waals surface area contributed by atoms with Crippen LogP contribution in [-0.2, 0) is 0 Å². The number of rotatable bonds is 2. The molecule has 2 aromatic carbocycles. The highest BCUT2D eigenvalue weighted by Crippen LogP contribution is 2.17.